The second-order valence-electron chi connectivity index (χ2n) is 3.91. The van der Waals surface area contributed by atoms with Gasteiger partial charge in [0, 0.05) is 11.5 Å². The van der Waals surface area contributed by atoms with Crippen LogP contribution in [0.2, 0.25) is 0 Å². The Kier molecular flexibility index (Phi) is 4.29. The number of rotatable bonds is 1. The van der Waals surface area contributed by atoms with Crippen LogP contribution in [0.4, 0.5) is 0 Å². The minimum atomic E-state index is -0.302. The Hall–Kier alpha value is -2.61. The van der Waals surface area contributed by atoms with Gasteiger partial charge in [-0.05, 0) is 17.7 Å². The van der Waals surface area contributed by atoms with Gasteiger partial charge in [0.2, 0.25) is 0 Å². The van der Waals surface area contributed by atoms with Gasteiger partial charge in [0.05, 0.1) is 0 Å². The molecule has 0 aliphatic rings. The van der Waals surface area contributed by atoms with Crippen LogP contribution in [0.3, 0.4) is 0 Å². The minimum absolute atomic E-state index is 0.302. The van der Waals surface area contributed by atoms with Crippen LogP contribution in [0.5, 0.6) is 0 Å². The van der Waals surface area contributed by atoms with Gasteiger partial charge < -0.3 is 4.42 Å². The first-order valence-electron chi connectivity index (χ1n) is 5.96. The van der Waals surface area contributed by atoms with Gasteiger partial charge in [0.25, 0.3) is 0 Å². The molecule has 0 spiro atoms. The molecular formula is C17H14O2. The summed E-state index contributed by atoms with van der Waals surface area (Å²) in [6.45, 7) is 3.63. The molecule has 0 aliphatic heterocycles. The molecule has 2 aromatic carbocycles. The lowest BCUT2D eigenvalue weighted by Crippen LogP contribution is -1.93. The van der Waals surface area contributed by atoms with Crippen LogP contribution in [0.15, 0.2) is 82.5 Å². The molecule has 2 nitrogen and oxygen atoms in total. The predicted molar refractivity (Wildman–Crippen MR) is 79.0 cm³/mol. The summed E-state index contributed by atoms with van der Waals surface area (Å²) >= 11 is 0. The monoisotopic (exact) mass is 250 g/mol. The van der Waals surface area contributed by atoms with Gasteiger partial charge >= 0.3 is 5.63 Å². The van der Waals surface area contributed by atoms with Crippen molar-refractivity contribution < 1.29 is 4.42 Å². The van der Waals surface area contributed by atoms with E-state index < -0.39 is 0 Å². The van der Waals surface area contributed by atoms with Crippen LogP contribution in [-0.2, 0) is 0 Å². The predicted octanol–water partition coefficient (Wildman–Crippen LogP) is 4.12. The first kappa shape index (κ1) is 12.8. The molecular weight excluding hydrogens is 236 g/mol. The molecule has 0 aliphatic carbocycles. The Labute approximate surface area is 111 Å². The molecule has 3 aromatic rings. The summed E-state index contributed by atoms with van der Waals surface area (Å²) in [6, 6.07) is 20.6. The number of para-hydroxylation sites is 1. The quantitative estimate of drug-likeness (QED) is 0.608. The first-order valence-corrected chi connectivity index (χ1v) is 5.96. The second kappa shape index (κ2) is 6.36. The van der Waals surface area contributed by atoms with E-state index in [0.29, 0.717) is 5.58 Å². The standard InChI is InChI=1S/C9H6O2.C8H8/c10-9-6-5-7-3-1-2-4-8(7)11-9;1-2-8-6-4-3-5-7-8/h1-6H;2-7H,1H2. The van der Waals surface area contributed by atoms with E-state index >= 15 is 0 Å². The van der Waals surface area contributed by atoms with E-state index in [1.807, 2.05) is 54.6 Å². The molecule has 0 N–H and O–H groups in total. The zero-order chi connectivity index (χ0) is 13.5. The highest BCUT2D eigenvalue weighted by Crippen LogP contribution is 2.08. The maximum Gasteiger partial charge on any atom is 0.336 e. The van der Waals surface area contributed by atoms with Gasteiger partial charge in [-0.1, -0.05) is 61.2 Å². The molecule has 19 heavy (non-hydrogen) atoms. The molecule has 0 saturated carbocycles. The first-order chi connectivity index (χ1) is 9.29. The van der Waals surface area contributed by atoms with Crippen molar-refractivity contribution in [1.82, 2.24) is 0 Å². The highest BCUT2D eigenvalue weighted by atomic mass is 16.4. The van der Waals surface area contributed by atoms with E-state index in [9.17, 15) is 4.79 Å². The Bertz CT molecular complexity index is 712. The largest absolute Gasteiger partial charge is 0.423 e. The van der Waals surface area contributed by atoms with Crippen molar-refractivity contribution in [3.8, 4) is 0 Å². The van der Waals surface area contributed by atoms with Gasteiger partial charge in [-0.3, -0.25) is 0 Å². The van der Waals surface area contributed by atoms with Crippen molar-refractivity contribution in [2.24, 2.45) is 0 Å². The van der Waals surface area contributed by atoms with Crippen molar-refractivity contribution in [3.05, 3.63) is 89.3 Å². The van der Waals surface area contributed by atoms with Crippen LogP contribution < -0.4 is 5.63 Å². The lowest BCUT2D eigenvalue weighted by Gasteiger charge is -1.91. The third-order valence-corrected chi connectivity index (χ3v) is 2.56. The second-order valence-corrected chi connectivity index (χ2v) is 3.91. The highest BCUT2D eigenvalue weighted by Gasteiger charge is 1.92. The van der Waals surface area contributed by atoms with Crippen molar-refractivity contribution in [1.29, 1.82) is 0 Å². The molecule has 0 amide bonds. The summed E-state index contributed by atoms with van der Waals surface area (Å²) in [6.07, 6.45) is 1.83. The number of hydrogen-bond donors (Lipinski definition) is 0. The zero-order valence-electron chi connectivity index (χ0n) is 10.5. The summed E-state index contributed by atoms with van der Waals surface area (Å²) in [4.78, 5) is 10.7. The van der Waals surface area contributed by atoms with Crippen LogP contribution in [-0.4, -0.2) is 0 Å². The summed E-state index contributed by atoms with van der Waals surface area (Å²) in [5.41, 5.74) is 1.51. The van der Waals surface area contributed by atoms with Gasteiger partial charge in [-0.25, -0.2) is 4.79 Å². The van der Waals surface area contributed by atoms with E-state index in [-0.39, 0.29) is 5.63 Å². The number of benzene rings is 2. The van der Waals surface area contributed by atoms with Gasteiger partial charge in [0.15, 0.2) is 0 Å². The third kappa shape index (κ3) is 3.68. The molecule has 0 atom stereocenters. The Morgan fingerprint density at radius 2 is 1.53 bits per heavy atom. The van der Waals surface area contributed by atoms with Crippen molar-refractivity contribution in [2.45, 2.75) is 0 Å². The molecule has 0 saturated heterocycles. The Balaban J connectivity index is 0.000000148. The lowest BCUT2D eigenvalue weighted by molar-refractivity contribution is 0.561. The summed E-state index contributed by atoms with van der Waals surface area (Å²) in [7, 11) is 0. The normalized spacial score (nSPS) is 9.47. The van der Waals surface area contributed by atoms with E-state index in [2.05, 4.69) is 6.58 Å². The highest BCUT2D eigenvalue weighted by molar-refractivity contribution is 5.75. The van der Waals surface area contributed by atoms with Crippen LogP contribution in [0, 0.1) is 0 Å². The average molecular weight is 250 g/mol. The molecule has 1 aromatic heterocycles. The van der Waals surface area contributed by atoms with Crippen molar-refractivity contribution in [3.63, 3.8) is 0 Å². The Morgan fingerprint density at radius 1 is 0.842 bits per heavy atom. The molecule has 0 radical (unpaired) electrons. The fraction of sp³-hybridized carbons (Fsp3) is 0. The zero-order valence-corrected chi connectivity index (χ0v) is 10.5. The average Bonchev–Trinajstić information content (AvgIpc) is 2.48. The smallest absolute Gasteiger partial charge is 0.336 e. The Morgan fingerprint density at radius 3 is 2.21 bits per heavy atom. The van der Waals surface area contributed by atoms with E-state index in [0.717, 1.165) is 5.39 Å². The maximum atomic E-state index is 10.7. The van der Waals surface area contributed by atoms with Gasteiger partial charge in [0.1, 0.15) is 5.58 Å². The SMILES string of the molecule is C=Cc1ccccc1.O=c1ccc2ccccc2o1. The summed E-state index contributed by atoms with van der Waals surface area (Å²) < 4.78 is 4.91. The molecule has 0 unspecified atom stereocenters. The molecule has 0 fully saturated rings. The molecule has 0 bridgehead atoms. The minimum Gasteiger partial charge on any atom is -0.423 e. The van der Waals surface area contributed by atoms with E-state index in [1.54, 1.807) is 12.1 Å². The third-order valence-electron chi connectivity index (χ3n) is 2.56. The van der Waals surface area contributed by atoms with Gasteiger partial charge in [-0.15, -0.1) is 0 Å². The van der Waals surface area contributed by atoms with Gasteiger partial charge in [-0.2, -0.15) is 0 Å². The summed E-state index contributed by atoms with van der Waals surface area (Å²) in [5.74, 6) is 0. The fourth-order valence-corrected chi connectivity index (χ4v) is 1.60. The van der Waals surface area contributed by atoms with E-state index in [4.69, 9.17) is 4.42 Å². The molecule has 1 heterocycles. The molecule has 3 rings (SSSR count). The van der Waals surface area contributed by atoms with Crippen LogP contribution >= 0.6 is 0 Å². The van der Waals surface area contributed by atoms with E-state index in [1.165, 1.54) is 11.6 Å². The van der Waals surface area contributed by atoms with Crippen molar-refractivity contribution in [2.75, 3.05) is 0 Å². The maximum absolute atomic E-state index is 10.7. The summed E-state index contributed by atoms with van der Waals surface area (Å²) in [5, 5.41) is 0.951. The number of fused-ring (bicyclic) bond motifs is 1. The number of hydrogen-bond acceptors (Lipinski definition) is 2. The van der Waals surface area contributed by atoms with Crippen molar-refractivity contribution >= 4 is 17.0 Å². The molecule has 2 heteroatoms. The fourth-order valence-electron chi connectivity index (χ4n) is 1.60. The topological polar surface area (TPSA) is 30.2 Å². The molecule has 94 valence electrons. The lowest BCUT2D eigenvalue weighted by atomic mass is 10.2. The van der Waals surface area contributed by atoms with Crippen LogP contribution in [0.1, 0.15) is 5.56 Å². The van der Waals surface area contributed by atoms with Crippen LogP contribution in [0.25, 0.3) is 17.0 Å².